The first-order valence-electron chi connectivity index (χ1n) is 12.3. The maximum absolute atomic E-state index is 12.0. The van der Waals surface area contributed by atoms with Gasteiger partial charge in [0.05, 0.1) is 36.3 Å². The molecule has 0 amide bonds. The zero-order chi connectivity index (χ0) is 28.9. The number of allylic oxidation sites excluding steroid dienone is 2. The number of likely N-dealkylation sites (N-methyl/N-ethyl adjacent to an activating group) is 1. The maximum Gasteiger partial charge on any atom is 0.339 e. The van der Waals surface area contributed by atoms with E-state index in [0.717, 1.165) is 5.56 Å². The third-order valence-electron chi connectivity index (χ3n) is 7.44. The molecule has 1 N–H and O–H groups in total. The highest BCUT2D eigenvalue weighted by molar-refractivity contribution is 6.40. The minimum absolute atomic E-state index is 0.0103. The maximum atomic E-state index is 12.0. The average molecular weight is 564 g/mol. The van der Waals surface area contributed by atoms with E-state index >= 15 is 0 Å². The van der Waals surface area contributed by atoms with Crippen LogP contribution in [0.3, 0.4) is 0 Å². The number of halogens is 2. The number of ether oxygens (including phenoxy) is 2. The van der Waals surface area contributed by atoms with Gasteiger partial charge in [0, 0.05) is 5.41 Å². The minimum Gasteiger partial charge on any atom is -0.493 e. The Morgan fingerprint density at radius 2 is 1.89 bits per heavy atom. The minimum atomic E-state index is -1.35. The molecule has 0 bridgehead atoms. The number of benzene rings is 1. The number of hydrogen-bond donors (Lipinski definition) is 1. The van der Waals surface area contributed by atoms with Crippen molar-refractivity contribution in [1.29, 1.82) is 5.26 Å². The van der Waals surface area contributed by atoms with Crippen LogP contribution in [-0.4, -0.2) is 54.6 Å². The van der Waals surface area contributed by atoms with E-state index in [1.807, 2.05) is 30.9 Å². The lowest BCUT2D eigenvalue weighted by Gasteiger charge is -2.48. The summed E-state index contributed by atoms with van der Waals surface area (Å²) in [5.74, 6) is -0.782. The van der Waals surface area contributed by atoms with E-state index in [1.165, 1.54) is 13.0 Å². The lowest BCUT2D eigenvalue weighted by Crippen LogP contribution is -2.54. The van der Waals surface area contributed by atoms with E-state index in [2.05, 4.69) is 6.07 Å². The van der Waals surface area contributed by atoms with Crippen LogP contribution < -0.4 is 9.47 Å². The molecule has 0 aromatic heterocycles. The molecule has 3 unspecified atom stereocenters. The van der Waals surface area contributed by atoms with Crippen molar-refractivity contribution in [3.8, 4) is 17.6 Å². The molecule has 0 saturated carbocycles. The van der Waals surface area contributed by atoms with Crippen molar-refractivity contribution in [2.24, 2.45) is 11.3 Å². The Kier molecular flexibility index (Phi) is 10.2. The SMILES string of the molecule is COc1ccc(C(C#N)(CCCN(C)C2(Cl)C(Cl)=CC=CC2(C)C=C(C(C)=O)C(=O)O)C(C)C)cc1OC. The number of nitriles is 1. The fourth-order valence-corrected chi connectivity index (χ4v) is 5.73. The van der Waals surface area contributed by atoms with Crippen LogP contribution >= 0.6 is 23.2 Å². The van der Waals surface area contributed by atoms with Gasteiger partial charge < -0.3 is 14.6 Å². The molecule has 0 saturated heterocycles. The van der Waals surface area contributed by atoms with E-state index in [-0.39, 0.29) is 11.5 Å². The number of rotatable bonds is 12. The number of nitrogens with zero attached hydrogens (tertiary/aromatic N) is 2. The van der Waals surface area contributed by atoms with Gasteiger partial charge in [0.2, 0.25) is 0 Å². The number of carbonyl (C=O) groups excluding carboxylic acids is 1. The first-order valence-corrected chi connectivity index (χ1v) is 13.1. The van der Waals surface area contributed by atoms with Crippen LogP contribution in [0, 0.1) is 22.7 Å². The predicted molar refractivity (Wildman–Crippen MR) is 150 cm³/mol. The zero-order valence-corrected chi connectivity index (χ0v) is 24.5. The smallest absolute Gasteiger partial charge is 0.339 e. The number of alkyl halides is 1. The van der Waals surface area contributed by atoms with E-state index in [1.54, 1.807) is 52.5 Å². The second-order valence-corrected chi connectivity index (χ2v) is 11.0. The van der Waals surface area contributed by atoms with Crippen molar-refractivity contribution in [3.63, 3.8) is 0 Å². The summed E-state index contributed by atoms with van der Waals surface area (Å²) in [4.78, 5) is 24.3. The average Bonchev–Trinajstić information content (AvgIpc) is 2.87. The largest absolute Gasteiger partial charge is 0.493 e. The Morgan fingerprint density at radius 1 is 1.26 bits per heavy atom. The molecular formula is C29H36Cl2N2O5. The molecule has 2 rings (SSSR count). The Labute approximate surface area is 235 Å². The van der Waals surface area contributed by atoms with Crippen molar-refractivity contribution in [3.05, 3.63) is 58.7 Å². The van der Waals surface area contributed by atoms with E-state index in [4.69, 9.17) is 32.7 Å². The number of Topliss-reactive ketones (excluding diaryl/α,β-unsaturated/α-hetero) is 1. The molecule has 0 fully saturated rings. The van der Waals surface area contributed by atoms with Gasteiger partial charge in [-0.15, -0.1) is 0 Å². The second kappa shape index (κ2) is 12.4. The Balaban J connectivity index is 2.41. The van der Waals surface area contributed by atoms with Crippen molar-refractivity contribution in [2.75, 3.05) is 27.8 Å². The number of carboxylic acid groups (broad SMARTS) is 1. The molecule has 1 aromatic carbocycles. The van der Waals surface area contributed by atoms with Gasteiger partial charge in [0.25, 0.3) is 0 Å². The number of carbonyl (C=O) groups is 2. The van der Waals surface area contributed by atoms with Gasteiger partial charge in [-0.2, -0.15) is 5.26 Å². The molecular weight excluding hydrogens is 527 g/mol. The predicted octanol–water partition coefficient (Wildman–Crippen LogP) is 6.07. The standard InChI is InChI=1S/C29H36Cl2N2O5/c1-19(2)28(18-32,21-11-12-23(37-6)24(16-21)38-7)14-9-15-33(5)29(31)25(30)10-8-13-27(29,4)17-22(20(3)34)26(35)36/h8,10-13,16-17,19H,9,14-15H2,1-7H3,(H,35,36). The summed E-state index contributed by atoms with van der Waals surface area (Å²) < 4.78 is 10.8. The molecule has 0 heterocycles. The molecule has 0 spiro atoms. The topological polar surface area (TPSA) is 99.9 Å². The van der Waals surface area contributed by atoms with E-state index < -0.39 is 27.6 Å². The molecule has 9 heteroatoms. The number of ketones is 1. The van der Waals surface area contributed by atoms with Crippen molar-refractivity contribution >= 4 is 35.0 Å². The molecule has 3 atom stereocenters. The van der Waals surface area contributed by atoms with Crippen molar-refractivity contribution in [1.82, 2.24) is 4.90 Å². The molecule has 1 aromatic rings. The van der Waals surface area contributed by atoms with Gasteiger partial charge in [-0.05, 0) is 70.0 Å². The molecule has 1 aliphatic rings. The Bertz CT molecular complexity index is 1190. The number of methoxy groups -OCH3 is 2. The first kappa shape index (κ1) is 31.4. The third kappa shape index (κ3) is 5.78. The van der Waals surface area contributed by atoms with Gasteiger partial charge in [-0.1, -0.05) is 61.3 Å². The van der Waals surface area contributed by atoms with Crippen LogP contribution in [-0.2, 0) is 15.0 Å². The third-order valence-corrected chi connectivity index (χ3v) is 8.84. The quantitative estimate of drug-likeness (QED) is 0.108. The van der Waals surface area contributed by atoms with Crippen LogP contribution in [0.15, 0.2) is 53.1 Å². The normalized spacial score (nSPS) is 23.0. The highest BCUT2D eigenvalue weighted by Gasteiger charge is 2.51. The molecule has 0 aliphatic heterocycles. The first-order chi connectivity index (χ1) is 17.7. The number of aliphatic carboxylic acids is 1. The van der Waals surface area contributed by atoms with Gasteiger partial charge in [0.15, 0.2) is 17.3 Å². The highest BCUT2D eigenvalue weighted by atomic mass is 35.5. The summed E-state index contributed by atoms with van der Waals surface area (Å²) in [7, 11) is 4.92. The van der Waals surface area contributed by atoms with Crippen LogP contribution in [0.5, 0.6) is 11.5 Å². The summed E-state index contributed by atoms with van der Waals surface area (Å²) >= 11 is 13.8. The van der Waals surface area contributed by atoms with Crippen LogP contribution in [0.1, 0.15) is 46.1 Å². The summed E-state index contributed by atoms with van der Waals surface area (Å²) in [6.07, 6.45) is 7.56. The van der Waals surface area contributed by atoms with Crippen LogP contribution in [0.4, 0.5) is 0 Å². The summed E-state index contributed by atoms with van der Waals surface area (Å²) in [5, 5.41) is 20.3. The van der Waals surface area contributed by atoms with Crippen LogP contribution in [0.2, 0.25) is 0 Å². The van der Waals surface area contributed by atoms with Crippen molar-refractivity contribution < 1.29 is 24.2 Å². The van der Waals surface area contributed by atoms with Gasteiger partial charge in [0.1, 0.15) is 5.00 Å². The zero-order valence-electron chi connectivity index (χ0n) is 23.0. The molecule has 38 heavy (non-hydrogen) atoms. The number of carboxylic acids is 1. The fraction of sp³-hybridized carbons (Fsp3) is 0.483. The van der Waals surface area contributed by atoms with Gasteiger partial charge in [-0.25, -0.2) is 4.79 Å². The lowest BCUT2D eigenvalue weighted by molar-refractivity contribution is -0.134. The van der Waals surface area contributed by atoms with E-state index in [0.29, 0.717) is 35.9 Å². The van der Waals surface area contributed by atoms with Crippen LogP contribution in [0.25, 0.3) is 0 Å². The second-order valence-electron chi connectivity index (χ2n) is 10.0. The number of hydrogen-bond acceptors (Lipinski definition) is 6. The highest BCUT2D eigenvalue weighted by Crippen LogP contribution is 2.51. The van der Waals surface area contributed by atoms with Gasteiger partial charge in [-0.3, -0.25) is 9.69 Å². The molecule has 206 valence electrons. The molecule has 0 radical (unpaired) electrons. The molecule has 1 aliphatic carbocycles. The van der Waals surface area contributed by atoms with E-state index in [9.17, 15) is 20.0 Å². The monoisotopic (exact) mass is 562 g/mol. The summed E-state index contributed by atoms with van der Waals surface area (Å²) in [5.41, 5.74) is -1.45. The Hall–Kier alpha value is -2.79. The molecule has 7 nitrogen and oxygen atoms in total. The van der Waals surface area contributed by atoms with Crippen molar-refractivity contribution in [2.45, 2.75) is 50.9 Å². The summed E-state index contributed by atoms with van der Waals surface area (Å²) in [6, 6.07) is 8.08. The summed E-state index contributed by atoms with van der Waals surface area (Å²) in [6.45, 7) is 7.40. The fourth-order valence-electron chi connectivity index (χ4n) is 5.04. The Morgan fingerprint density at radius 3 is 2.39 bits per heavy atom. The lowest BCUT2D eigenvalue weighted by atomic mass is 9.69. The van der Waals surface area contributed by atoms with Gasteiger partial charge >= 0.3 is 5.97 Å².